The van der Waals surface area contributed by atoms with Crippen molar-refractivity contribution in [2.24, 2.45) is 0 Å². The number of halogens is 2. The Morgan fingerprint density at radius 2 is 1.91 bits per heavy atom. The van der Waals surface area contributed by atoms with Gasteiger partial charge in [0.1, 0.15) is 5.82 Å². The molecule has 3 rings (SSSR count). The van der Waals surface area contributed by atoms with Gasteiger partial charge in [0.15, 0.2) is 18.1 Å². The Morgan fingerprint density at radius 1 is 1.22 bits per heavy atom. The van der Waals surface area contributed by atoms with Gasteiger partial charge in [-0.1, -0.05) is 15.9 Å². The van der Waals surface area contributed by atoms with E-state index in [9.17, 15) is 18.8 Å². The normalized spacial score (nSPS) is 14.9. The Kier molecular flexibility index (Phi) is 7.57. The molecule has 0 bridgehead atoms. The fraction of sp³-hybridized carbons (Fsp3) is 0.227. The summed E-state index contributed by atoms with van der Waals surface area (Å²) in [6.45, 7) is 3.25. The van der Waals surface area contributed by atoms with Gasteiger partial charge >= 0.3 is 0 Å². The number of methoxy groups -OCH3 is 1. The lowest BCUT2D eigenvalue weighted by Crippen LogP contribution is -2.34. The predicted octanol–water partition coefficient (Wildman–Crippen LogP) is 5.06. The summed E-state index contributed by atoms with van der Waals surface area (Å²) in [4.78, 5) is 38.3. The van der Waals surface area contributed by atoms with Crippen LogP contribution >= 0.6 is 27.7 Å². The fourth-order valence-electron chi connectivity index (χ4n) is 2.87. The van der Waals surface area contributed by atoms with Gasteiger partial charge in [0, 0.05) is 16.2 Å². The first-order valence-corrected chi connectivity index (χ1v) is 11.1. The van der Waals surface area contributed by atoms with Crippen molar-refractivity contribution in [3.63, 3.8) is 0 Å². The highest BCUT2D eigenvalue weighted by Crippen LogP contribution is 2.38. The Morgan fingerprint density at radius 3 is 2.50 bits per heavy atom. The molecule has 7 nitrogen and oxygen atoms in total. The number of carbonyl (C=O) groups is 3. The zero-order chi connectivity index (χ0) is 23.4. The molecular formula is C22H20BrFN2O5S. The first kappa shape index (κ1) is 23.8. The standard InChI is InChI=1S/C22H20BrFN2O5S/c1-12(2)26-21(28)19(32-22(26)29)9-13-8-17(30-3)18(10-16(13)23)31-11-20(27)25-15-6-4-14(24)5-7-15/h4-10,12H,11H2,1-3H3,(H,25,27)/b19-9+. The lowest BCUT2D eigenvalue weighted by atomic mass is 10.1. The van der Waals surface area contributed by atoms with E-state index in [4.69, 9.17) is 9.47 Å². The van der Waals surface area contributed by atoms with Gasteiger partial charge in [0.05, 0.1) is 12.0 Å². The smallest absolute Gasteiger partial charge is 0.293 e. The summed E-state index contributed by atoms with van der Waals surface area (Å²) in [7, 11) is 1.45. The topological polar surface area (TPSA) is 84.9 Å². The quantitative estimate of drug-likeness (QED) is 0.511. The van der Waals surface area contributed by atoms with E-state index >= 15 is 0 Å². The first-order valence-electron chi connectivity index (χ1n) is 9.52. The molecule has 0 aromatic heterocycles. The highest BCUT2D eigenvalue weighted by atomic mass is 79.9. The molecule has 3 amide bonds. The van der Waals surface area contributed by atoms with Crippen molar-refractivity contribution >= 4 is 56.5 Å². The lowest BCUT2D eigenvalue weighted by Gasteiger charge is -2.16. The largest absolute Gasteiger partial charge is 0.493 e. The summed E-state index contributed by atoms with van der Waals surface area (Å²) in [6, 6.07) is 8.39. The minimum atomic E-state index is -0.429. The van der Waals surface area contributed by atoms with Crippen LogP contribution in [0.1, 0.15) is 19.4 Å². The molecule has 32 heavy (non-hydrogen) atoms. The van der Waals surface area contributed by atoms with Crippen LogP contribution in [0.4, 0.5) is 14.9 Å². The van der Waals surface area contributed by atoms with Crippen molar-refractivity contribution in [3.05, 3.63) is 57.2 Å². The molecular weight excluding hydrogens is 503 g/mol. The molecule has 0 unspecified atom stereocenters. The molecule has 168 valence electrons. The highest BCUT2D eigenvalue weighted by molar-refractivity contribution is 9.10. The van der Waals surface area contributed by atoms with Crippen molar-refractivity contribution in [1.29, 1.82) is 0 Å². The van der Waals surface area contributed by atoms with Gasteiger partial charge in [-0.2, -0.15) is 0 Å². The van der Waals surface area contributed by atoms with Crippen LogP contribution in [0.15, 0.2) is 45.8 Å². The third-order valence-corrected chi connectivity index (χ3v) is 5.97. The van der Waals surface area contributed by atoms with Gasteiger partial charge in [-0.15, -0.1) is 0 Å². The molecule has 1 aliphatic heterocycles. The summed E-state index contributed by atoms with van der Waals surface area (Å²) in [5, 5.41) is 2.29. The van der Waals surface area contributed by atoms with Crippen LogP contribution < -0.4 is 14.8 Å². The summed E-state index contributed by atoms with van der Waals surface area (Å²) >= 11 is 4.31. The van der Waals surface area contributed by atoms with E-state index in [0.717, 1.165) is 11.8 Å². The average Bonchev–Trinajstić information content (AvgIpc) is 3.02. The van der Waals surface area contributed by atoms with Crippen molar-refractivity contribution in [2.75, 3.05) is 19.0 Å². The minimum Gasteiger partial charge on any atom is -0.493 e. The first-order chi connectivity index (χ1) is 15.2. The number of carbonyl (C=O) groups excluding carboxylic acids is 3. The van der Waals surface area contributed by atoms with Crippen LogP contribution in [0.3, 0.4) is 0 Å². The van der Waals surface area contributed by atoms with Crippen molar-refractivity contribution in [2.45, 2.75) is 19.9 Å². The zero-order valence-electron chi connectivity index (χ0n) is 17.5. The van der Waals surface area contributed by atoms with E-state index in [-0.39, 0.29) is 23.8 Å². The Labute approximate surface area is 197 Å². The van der Waals surface area contributed by atoms with Gasteiger partial charge in [0.2, 0.25) is 0 Å². The number of amides is 3. The molecule has 0 atom stereocenters. The number of nitrogens with zero attached hydrogens (tertiary/aromatic N) is 1. The SMILES string of the molecule is COc1cc(/C=C2/SC(=O)N(C(C)C)C2=O)c(Br)cc1OCC(=O)Nc1ccc(F)cc1. The van der Waals surface area contributed by atoms with E-state index in [0.29, 0.717) is 32.1 Å². The van der Waals surface area contributed by atoms with Crippen LogP contribution in [-0.2, 0) is 9.59 Å². The van der Waals surface area contributed by atoms with Crippen molar-refractivity contribution in [1.82, 2.24) is 4.90 Å². The maximum absolute atomic E-state index is 13.0. The molecule has 0 aliphatic carbocycles. The van der Waals surface area contributed by atoms with E-state index in [1.165, 1.54) is 36.3 Å². The predicted molar refractivity (Wildman–Crippen MR) is 124 cm³/mol. The average molecular weight is 523 g/mol. The second-order valence-corrected chi connectivity index (χ2v) is 8.86. The monoisotopic (exact) mass is 522 g/mol. The van der Waals surface area contributed by atoms with Gasteiger partial charge < -0.3 is 14.8 Å². The van der Waals surface area contributed by atoms with Crippen molar-refractivity contribution in [3.8, 4) is 11.5 Å². The second kappa shape index (κ2) is 10.2. The second-order valence-electron chi connectivity index (χ2n) is 7.01. The highest BCUT2D eigenvalue weighted by Gasteiger charge is 2.36. The number of rotatable bonds is 7. The van der Waals surface area contributed by atoms with E-state index < -0.39 is 11.7 Å². The van der Waals surface area contributed by atoms with Crippen molar-refractivity contribution < 1.29 is 28.2 Å². The van der Waals surface area contributed by atoms with Gasteiger partial charge in [-0.3, -0.25) is 19.3 Å². The fourth-order valence-corrected chi connectivity index (χ4v) is 4.26. The summed E-state index contributed by atoms with van der Waals surface area (Å²) in [5.74, 6) is -0.527. The van der Waals surface area contributed by atoms with Crippen LogP contribution in [0, 0.1) is 5.82 Å². The molecule has 1 fully saturated rings. The molecule has 0 radical (unpaired) electrons. The number of hydrogen-bond acceptors (Lipinski definition) is 6. The van der Waals surface area contributed by atoms with E-state index in [2.05, 4.69) is 21.2 Å². The third kappa shape index (κ3) is 5.49. The minimum absolute atomic E-state index is 0.233. The number of thioether (sulfide) groups is 1. The van der Waals surface area contributed by atoms with Crippen LogP contribution in [0.2, 0.25) is 0 Å². The maximum atomic E-state index is 13.0. The molecule has 2 aromatic rings. The molecule has 1 heterocycles. The van der Waals surface area contributed by atoms with Crippen LogP contribution in [-0.4, -0.2) is 41.7 Å². The number of benzene rings is 2. The van der Waals surface area contributed by atoms with Crippen LogP contribution in [0.25, 0.3) is 6.08 Å². The third-order valence-electron chi connectivity index (χ3n) is 4.40. The zero-order valence-corrected chi connectivity index (χ0v) is 19.9. The summed E-state index contributed by atoms with van der Waals surface area (Å²) < 4.78 is 24.5. The number of anilines is 1. The summed E-state index contributed by atoms with van der Waals surface area (Å²) in [5.41, 5.74) is 1.05. The lowest BCUT2D eigenvalue weighted by molar-refractivity contribution is -0.123. The summed E-state index contributed by atoms with van der Waals surface area (Å²) in [6.07, 6.45) is 1.60. The van der Waals surface area contributed by atoms with Gasteiger partial charge in [-0.05, 0) is 73.6 Å². The molecule has 1 saturated heterocycles. The van der Waals surface area contributed by atoms with E-state index in [1.807, 2.05) is 0 Å². The molecule has 10 heteroatoms. The Hall–Kier alpha value is -2.85. The maximum Gasteiger partial charge on any atom is 0.293 e. The van der Waals surface area contributed by atoms with Gasteiger partial charge in [0.25, 0.3) is 17.1 Å². The number of imide groups is 1. The van der Waals surface area contributed by atoms with Gasteiger partial charge in [-0.25, -0.2) is 4.39 Å². The molecule has 0 spiro atoms. The Balaban J connectivity index is 1.74. The molecule has 2 aromatic carbocycles. The van der Waals surface area contributed by atoms with E-state index in [1.54, 1.807) is 32.1 Å². The number of ether oxygens (including phenoxy) is 2. The molecule has 1 aliphatic rings. The molecule has 0 saturated carbocycles. The number of hydrogen-bond donors (Lipinski definition) is 1. The van der Waals surface area contributed by atoms with Crippen LogP contribution in [0.5, 0.6) is 11.5 Å². The number of nitrogens with one attached hydrogen (secondary N) is 1. The molecule has 1 N–H and O–H groups in total. The Bertz CT molecular complexity index is 1090.